The van der Waals surface area contributed by atoms with Gasteiger partial charge in [0.15, 0.2) is 9.84 Å². The maximum atomic E-state index is 12.2. The fourth-order valence-corrected chi connectivity index (χ4v) is 2.96. The highest BCUT2D eigenvalue weighted by molar-refractivity contribution is 7.90. The summed E-state index contributed by atoms with van der Waals surface area (Å²) in [5.41, 5.74) is 2.65. The average molecular weight is 355 g/mol. The van der Waals surface area contributed by atoms with Gasteiger partial charge in [-0.2, -0.15) is 5.10 Å². The van der Waals surface area contributed by atoms with Gasteiger partial charge in [-0.3, -0.25) is 9.89 Å². The Kier molecular flexibility index (Phi) is 4.67. The molecule has 0 spiro atoms. The molecular formula is C18H17N3O3S. The highest BCUT2D eigenvalue weighted by atomic mass is 32.2. The van der Waals surface area contributed by atoms with Crippen LogP contribution in [0.4, 0.5) is 0 Å². The van der Waals surface area contributed by atoms with Gasteiger partial charge in [-0.15, -0.1) is 0 Å². The Bertz CT molecular complexity index is 978. The molecule has 0 radical (unpaired) electrons. The molecule has 7 heteroatoms. The Morgan fingerprint density at radius 3 is 2.40 bits per heavy atom. The number of carbonyl (C=O) groups is 1. The molecule has 25 heavy (non-hydrogen) atoms. The molecule has 3 rings (SSSR count). The quantitative estimate of drug-likeness (QED) is 0.735. The fourth-order valence-electron chi connectivity index (χ4n) is 2.33. The van der Waals surface area contributed by atoms with Crippen LogP contribution in [0.2, 0.25) is 0 Å². The van der Waals surface area contributed by atoms with Crippen molar-refractivity contribution in [3.8, 4) is 11.3 Å². The number of aromatic amines is 1. The zero-order chi connectivity index (χ0) is 17.9. The van der Waals surface area contributed by atoms with Crippen molar-refractivity contribution in [1.82, 2.24) is 15.5 Å². The van der Waals surface area contributed by atoms with E-state index in [0.29, 0.717) is 17.9 Å². The highest BCUT2D eigenvalue weighted by Gasteiger charge is 2.12. The summed E-state index contributed by atoms with van der Waals surface area (Å²) in [6, 6.07) is 17.6. The van der Waals surface area contributed by atoms with Crippen LogP contribution in [-0.4, -0.2) is 30.8 Å². The van der Waals surface area contributed by atoms with Crippen molar-refractivity contribution >= 4 is 15.7 Å². The second-order valence-corrected chi connectivity index (χ2v) is 7.65. The van der Waals surface area contributed by atoms with E-state index in [9.17, 15) is 13.2 Å². The molecular weight excluding hydrogens is 338 g/mol. The van der Waals surface area contributed by atoms with Gasteiger partial charge in [-0.25, -0.2) is 8.42 Å². The number of sulfone groups is 1. The smallest absolute Gasteiger partial charge is 0.269 e. The van der Waals surface area contributed by atoms with Crippen LogP contribution in [0.1, 0.15) is 16.1 Å². The maximum absolute atomic E-state index is 12.2. The molecule has 0 fully saturated rings. The first-order chi connectivity index (χ1) is 11.9. The minimum absolute atomic E-state index is 0.243. The Morgan fingerprint density at radius 2 is 1.76 bits per heavy atom. The summed E-state index contributed by atoms with van der Waals surface area (Å²) in [4.78, 5) is 12.4. The summed E-state index contributed by atoms with van der Waals surface area (Å²) in [6.45, 7) is 0.428. The lowest BCUT2D eigenvalue weighted by Gasteiger charge is -2.03. The first kappa shape index (κ1) is 16.9. The third-order valence-corrected chi connectivity index (χ3v) is 4.83. The van der Waals surface area contributed by atoms with Crippen LogP contribution < -0.4 is 5.32 Å². The summed E-state index contributed by atoms with van der Waals surface area (Å²) in [5.74, 6) is -0.254. The number of nitrogens with one attached hydrogen (secondary N) is 2. The van der Waals surface area contributed by atoms with Gasteiger partial charge >= 0.3 is 0 Å². The number of hydrogen-bond acceptors (Lipinski definition) is 4. The SMILES string of the molecule is CS(=O)(=O)c1ccc(-c2cc(C(=O)NCc3ccccc3)[nH]n2)cc1. The number of carbonyl (C=O) groups excluding carboxylic acids is 1. The molecule has 2 aromatic carbocycles. The van der Waals surface area contributed by atoms with Crippen molar-refractivity contribution in [3.63, 3.8) is 0 Å². The van der Waals surface area contributed by atoms with E-state index in [1.54, 1.807) is 18.2 Å². The number of hydrogen-bond donors (Lipinski definition) is 2. The molecule has 0 bridgehead atoms. The summed E-state index contributed by atoms with van der Waals surface area (Å²) in [6.07, 6.45) is 1.16. The molecule has 0 saturated carbocycles. The zero-order valence-corrected chi connectivity index (χ0v) is 14.4. The van der Waals surface area contributed by atoms with E-state index >= 15 is 0 Å². The maximum Gasteiger partial charge on any atom is 0.269 e. The Hall–Kier alpha value is -2.93. The van der Waals surface area contributed by atoms with Crippen molar-refractivity contribution in [1.29, 1.82) is 0 Å². The van der Waals surface area contributed by atoms with Crippen LogP contribution >= 0.6 is 0 Å². The lowest BCUT2D eigenvalue weighted by molar-refractivity contribution is 0.0946. The fraction of sp³-hybridized carbons (Fsp3) is 0.111. The van der Waals surface area contributed by atoms with Gasteiger partial charge in [0.05, 0.1) is 10.6 Å². The molecule has 0 aliphatic heterocycles. The number of H-pyrrole nitrogens is 1. The number of rotatable bonds is 5. The summed E-state index contributed by atoms with van der Waals surface area (Å²) in [7, 11) is -3.24. The van der Waals surface area contributed by atoms with Gasteiger partial charge in [-0.1, -0.05) is 42.5 Å². The predicted octanol–water partition coefficient (Wildman–Crippen LogP) is 2.41. The van der Waals surface area contributed by atoms with E-state index in [-0.39, 0.29) is 10.8 Å². The molecule has 0 atom stereocenters. The molecule has 1 amide bonds. The van der Waals surface area contributed by atoms with E-state index < -0.39 is 9.84 Å². The number of nitrogens with zero attached hydrogens (tertiary/aromatic N) is 1. The summed E-state index contributed by atoms with van der Waals surface area (Å²) >= 11 is 0. The molecule has 0 aliphatic rings. The van der Waals surface area contributed by atoms with Gasteiger partial charge in [-0.05, 0) is 23.8 Å². The third kappa shape index (κ3) is 4.13. The topological polar surface area (TPSA) is 91.9 Å². The van der Waals surface area contributed by atoms with Gasteiger partial charge < -0.3 is 5.32 Å². The van der Waals surface area contributed by atoms with Crippen molar-refractivity contribution in [2.75, 3.05) is 6.26 Å². The predicted molar refractivity (Wildman–Crippen MR) is 94.7 cm³/mol. The molecule has 0 aliphatic carbocycles. The van der Waals surface area contributed by atoms with Crippen LogP contribution in [0.15, 0.2) is 65.6 Å². The lowest BCUT2D eigenvalue weighted by Crippen LogP contribution is -2.23. The minimum Gasteiger partial charge on any atom is -0.347 e. The van der Waals surface area contributed by atoms with Crippen LogP contribution in [-0.2, 0) is 16.4 Å². The molecule has 0 saturated heterocycles. The first-order valence-electron chi connectivity index (χ1n) is 7.61. The van der Waals surface area contributed by atoms with Crippen LogP contribution in [0.25, 0.3) is 11.3 Å². The average Bonchev–Trinajstić information content (AvgIpc) is 3.10. The molecule has 128 valence electrons. The lowest BCUT2D eigenvalue weighted by atomic mass is 10.1. The Balaban J connectivity index is 1.70. The second-order valence-electron chi connectivity index (χ2n) is 5.63. The zero-order valence-electron chi connectivity index (χ0n) is 13.6. The molecule has 6 nitrogen and oxygen atoms in total. The van der Waals surface area contributed by atoms with Crippen molar-refractivity contribution in [2.45, 2.75) is 11.4 Å². The van der Waals surface area contributed by atoms with E-state index in [1.807, 2.05) is 30.3 Å². The third-order valence-electron chi connectivity index (χ3n) is 3.70. The van der Waals surface area contributed by atoms with Crippen LogP contribution in [0.3, 0.4) is 0 Å². The minimum atomic E-state index is -3.24. The molecule has 1 aromatic heterocycles. The normalized spacial score (nSPS) is 11.2. The summed E-state index contributed by atoms with van der Waals surface area (Å²) < 4.78 is 23.0. The van der Waals surface area contributed by atoms with Crippen molar-refractivity contribution in [3.05, 3.63) is 71.9 Å². The molecule has 0 unspecified atom stereocenters. The van der Waals surface area contributed by atoms with E-state index in [1.165, 1.54) is 12.1 Å². The molecule has 2 N–H and O–H groups in total. The monoisotopic (exact) mass is 355 g/mol. The number of benzene rings is 2. The van der Waals surface area contributed by atoms with Crippen molar-refractivity contribution < 1.29 is 13.2 Å². The second kappa shape index (κ2) is 6.90. The number of amides is 1. The van der Waals surface area contributed by atoms with Gasteiger partial charge in [0.1, 0.15) is 5.69 Å². The Morgan fingerprint density at radius 1 is 1.08 bits per heavy atom. The highest BCUT2D eigenvalue weighted by Crippen LogP contribution is 2.20. The van der Waals surface area contributed by atoms with Gasteiger partial charge in [0.25, 0.3) is 5.91 Å². The van der Waals surface area contributed by atoms with Crippen molar-refractivity contribution in [2.24, 2.45) is 0 Å². The first-order valence-corrected chi connectivity index (χ1v) is 9.50. The number of aromatic nitrogens is 2. The Labute approximate surface area is 145 Å². The van der Waals surface area contributed by atoms with E-state index in [4.69, 9.17) is 0 Å². The van der Waals surface area contributed by atoms with Gasteiger partial charge in [0.2, 0.25) is 0 Å². The molecule has 1 heterocycles. The van der Waals surface area contributed by atoms with E-state index in [2.05, 4.69) is 15.5 Å². The van der Waals surface area contributed by atoms with Gasteiger partial charge in [0, 0.05) is 18.4 Å². The summed E-state index contributed by atoms with van der Waals surface area (Å²) in [5, 5.41) is 9.64. The van der Waals surface area contributed by atoms with Crippen LogP contribution in [0, 0.1) is 0 Å². The van der Waals surface area contributed by atoms with Crippen LogP contribution in [0.5, 0.6) is 0 Å². The standard InChI is InChI=1S/C18H17N3O3S/c1-25(23,24)15-9-7-14(8-10-15)16-11-17(21-20-16)18(22)19-12-13-5-3-2-4-6-13/h2-11H,12H2,1H3,(H,19,22)(H,20,21). The largest absolute Gasteiger partial charge is 0.347 e. The molecule has 3 aromatic rings. The van der Waals surface area contributed by atoms with E-state index in [0.717, 1.165) is 17.4 Å².